The van der Waals surface area contributed by atoms with Crippen molar-refractivity contribution in [2.24, 2.45) is 5.92 Å². The van der Waals surface area contributed by atoms with Gasteiger partial charge in [0.15, 0.2) is 6.61 Å². The van der Waals surface area contributed by atoms with Crippen molar-refractivity contribution in [3.8, 4) is 0 Å². The van der Waals surface area contributed by atoms with Gasteiger partial charge in [-0.15, -0.1) is 0 Å². The number of halogens is 1. The molecule has 0 unspecified atom stereocenters. The second-order valence-electron chi connectivity index (χ2n) is 6.71. The summed E-state index contributed by atoms with van der Waals surface area (Å²) >= 11 is 0. The molecule has 2 aromatic carbocycles. The zero-order chi connectivity index (χ0) is 21.2. The predicted octanol–water partition coefficient (Wildman–Crippen LogP) is 3.25. The molecule has 2 N–H and O–H groups in total. The minimum atomic E-state index is -0.580. The smallest absolute Gasteiger partial charge is 0.314 e. The fraction of sp³-hybridized carbons (Fsp3) is 0.318. The third-order valence-electron chi connectivity index (χ3n) is 4.55. The van der Waals surface area contributed by atoms with Crippen molar-refractivity contribution in [1.29, 1.82) is 0 Å². The number of hydrogen-bond donors (Lipinski definition) is 2. The number of amides is 2. The quantitative estimate of drug-likeness (QED) is 0.633. The zero-order valence-corrected chi connectivity index (χ0v) is 16.5. The van der Waals surface area contributed by atoms with E-state index >= 15 is 0 Å². The van der Waals surface area contributed by atoms with Crippen molar-refractivity contribution >= 4 is 23.5 Å². The Morgan fingerprint density at radius 3 is 2.28 bits per heavy atom. The molecule has 0 aromatic heterocycles. The third-order valence-corrected chi connectivity index (χ3v) is 4.55. The highest BCUT2D eigenvalue weighted by molar-refractivity contribution is 5.94. The van der Waals surface area contributed by atoms with Crippen molar-refractivity contribution in [1.82, 2.24) is 5.32 Å². The summed E-state index contributed by atoms with van der Waals surface area (Å²) in [6.45, 7) is 3.18. The molecule has 2 rings (SSSR count). The highest BCUT2D eigenvalue weighted by Crippen LogP contribution is 2.28. The van der Waals surface area contributed by atoms with Crippen LogP contribution >= 0.6 is 0 Å². The Balaban J connectivity index is 1.81. The fourth-order valence-electron chi connectivity index (χ4n) is 2.79. The molecule has 0 radical (unpaired) electrons. The van der Waals surface area contributed by atoms with Crippen LogP contribution < -0.4 is 10.6 Å². The first kappa shape index (κ1) is 22.1. The average Bonchev–Trinajstić information content (AvgIpc) is 2.73. The maximum absolute atomic E-state index is 12.9. The number of anilines is 1. The Morgan fingerprint density at radius 1 is 1.00 bits per heavy atom. The van der Waals surface area contributed by atoms with E-state index in [4.69, 9.17) is 4.74 Å². The molecule has 0 saturated heterocycles. The normalized spacial score (nSPS) is 12.5. The molecule has 2 atom stereocenters. The van der Waals surface area contributed by atoms with Crippen LogP contribution in [-0.2, 0) is 19.1 Å². The Bertz CT molecular complexity index is 824. The van der Waals surface area contributed by atoms with Gasteiger partial charge in [-0.2, -0.15) is 0 Å². The number of carbonyl (C=O) groups is 3. The SMILES string of the molecule is CC[C@@H](C)[C@H](C(=O)OCC(=O)NCC(=O)Nc1ccc(F)cc1)c1ccccc1. The molecule has 0 aliphatic rings. The topological polar surface area (TPSA) is 84.5 Å². The van der Waals surface area contributed by atoms with E-state index in [9.17, 15) is 18.8 Å². The lowest BCUT2D eigenvalue weighted by Gasteiger charge is -2.21. The van der Waals surface area contributed by atoms with Crippen LogP contribution in [0.3, 0.4) is 0 Å². The molecule has 6 nitrogen and oxygen atoms in total. The summed E-state index contributed by atoms with van der Waals surface area (Å²) in [5.74, 6) is -2.35. The van der Waals surface area contributed by atoms with Gasteiger partial charge in [-0.25, -0.2) is 4.39 Å². The molecule has 0 aliphatic carbocycles. The molecule has 0 spiro atoms. The van der Waals surface area contributed by atoms with Gasteiger partial charge in [0.2, 0.25) is 5.91 Å². The molecule has 0 heterocycles. The number of nitrogens with one attached hydrogen (secondary N) is 2. The van der Waals surface area contributed by atoms with Crippen molar-refractivity contribution < 1.29 is 23.5 Å². The zero-order valence-electron chi connectivity index (χ0n) is 16.5. The van der Waals surface area contributed by atoms with Crippen LogP contribution in [0.25, 0.3) is 0 Å². The first-order valence-corrected chi connectivity index (χ1v) is 9.44. The molecule has 0 fully saturated rings. The van der Waals surface area contributed by atoms with E-state index in [2.05, 4.69) is 10.6 Å². The summed E-state index contributed by atoms with van der Waals surface area (Å²) in [6, 6.07) is 14.5. The van der Waals surface area contributed by atoms with Crippen LogP contribution in [-0.4, -0.2) is 30.9 Å². The second kappa shape index (κ2) is 10.9. The summed E-state index contributed by atoms with van der Waals surface area (Å²) in [4.78, 5) is 36.3. The second-order valence-corrected chi connectivity index (χ2v) is 6.71. The van der Waals surface area contributed by atoms with Crippen molar-refractivity contribution in [2.75, 3.05) is 18.5 Å². The van der Waals surface area contributed by atoms with Crippen LogP contribution in [0.2, 0.25) is 0 Å². The van der Waals surface area contributed by atoms with Gasteiger partial charge in [-0.1, -0.05) is 50.6 Å². The Hall–Kier alpha value is -3.22. The van der Waals surface area contributed by atoms with E-state index in [0.717, 1.165) is 12.0 Å². The van der Waals surface area contributed by atoms with Crippen molar-refractivity contribution in [3.05, 3.63) is 66.0 Å². The van der Waals surface area contributed by atoms with Crippen LogP contribution in [0.1, 0.15) is 31.7 Å². The van der Waals surface area contributed by atoms with E-state index < -0.39 is 36.1 Å². The van der Waals surface area contributed by atoms with Crippen molar-refractivity contribution in [3.63, 3.8) is 0 Å². The van der Waals surface area contributed by atoms with Crippen LogP contribution in [0.4, 0.5) is 10.1 Å². The number of esters is 1. The number of benzene rings is 2. The number of hydrogen-bond acceptors (Lipinski definition) is 4. The molecule has 2 aromatic rings. The Labute approximate surface area is 169 Å². The lowest BCUT2D eigenvalue weighted by Crippen LogP contribution is -2.36. The van der Waals surface area contributed by atoms with Gasteiger partial charge in [0, 0.05) is 5.69 Å². The van der Waals surface area contributed by atoms with E-state index in [1.54, 1.807) is 0 Å². The summed E-state index contributed by atoms with van der Waals surface area (Å²) in [5, 5.41) is 4.91. The van der Waals surface area contributed by atoms with Crippen LogP contribution in [0.5, 0.6) is 0 Å². The Kier molecular flexibility index (Phi) is 8.33. The Morgan fingerprint density at radius 2 is 1.66 bits per heavy atom. The van der Waals surface area contributed by atoms with E-state index in [1.807, 2.05) is 44.2 Å². The van der Waals surface area contributed by atoms with Gasteiger partial charge in [-0.3, -0.25) is 14.4 Å². The minimum Gasteiger partial charge on any atom is -0.455 e. The minimum absolute atomic E-state index is 0.0504. The van der Waals surface area contributed by atoms with Gasteiger partial charge in [-0.05, 0) is 35.7 Å². The van der Waals surface area contributed by atoms with Crippen LogP contribution in [0.15, 0.2) is 54.6 Å². The lowest BCUT2D eigenvalue weighted by atomic mass is 9.86. The molecule has 0 saturated carbocycles. The first-order chi connectivity index (χ1) is 13.9. The van der Waals surface area contributed by atoms with Crippen LogP contribution in [0, 0.1) is 11.7 Å². The number of carbonyl (C=O) groups excluding carboxylic acids is 3. The highest BCUT2D eigenvalue weighted by Gasteiger charge is 2.27. The molecule has 7 heteroatoms. The first-order valence-electron chi connectivity index (χ1n) is 9.44. The molecular formula is C22H25FN2O4. The van der Waals surface area contributed by atoms with Gasteiger partial charge in [0.1, 0.15) is 5.82 Å². The fourth-order valence-corrected chi connectivity index (χ4v) is 2.79. The van der Waals surface area contributed by atoms with E-state index in [1.165, 1.54) is 24.3 Å². The average molecular weight is 400 g/mol. The molecular weight excluding hydrogens is 375 g/mol. The van der Waals surface area contributed by atoms with Gasteiger partial charge in [0.25, 0.3) is 5.91 Å². The summed E-state index contributed by atoms with van der Waals surface area (Å²) in [7, 11) is 0. The number of ether oxygens (including phenoxy) is 1. The van der Waals surface area contributed by atoms with Crippen molar-refractivity contribution in [2.45, 2.75) is 26.2 Å². The third kappa shape index (κ3) is 7.03. The van der Waals surface area contributed by atoms with Gasteiger partial charge in [0.05, 0.1) is 12.5 Å². The van der Waals surface area contributed by atoms with E-state index in [0.29, 0.717) is 5.69 Å². The summed E-state index contributed by atoms with van der Waals surface area (Å²) in [5.41, 5.74) is 1.25. The molecule has 0 bridgehead atoms. The molecule has 154 valence electrons. The maximum Gasteiger partial charge on any atom is 0.314 e. The summed E-state index contributed by atoms with van der Waals surface area (Å²) in [6.07, 6.45) is 0.782. The van der Waals surface area contributed by atoms with E-state index in [-0.39, 0.29) is 12.5 Å². The molecule has 2 amide bonds. The van der Waals surface area contributed by atoms with Gasteiger partial charge >= 0.3 is 5.97 Å². The lowest BCUT2D eigenvalue weighted by molar-refractivity contribution is -0.151. The summed E-state index contributed by atoms with van der Waals surface area (Å²) < 4.78 is 18.0. The highest BCUT2D eigenvalue weighted by atomic mass is 19.1. The molecule has 0 aliphatic heterocycles. The molecule has 29 heavy (non-hydrogen) atoms. The standard InChI is InChI=1S/C22H25FN2O4/c1-3-15(2)21(16-7-5-4-6-8-16)22(28)29-14-20(27)24-13-19(26)25-18-11-9-17(23)10-12-18/h4-12,15,21H,3,13-14H2,1-2H3,(H,24,27)(H,25,26)/t15-,21+/m1/s1. The maximum atomic E-state index is 12.9. The largest absolute Gasteiger partial charge is 0.455 e. The monoisotopic (exact) mass is 400 g/mol. The predicted molar refractivity (Wildman–Crippen MR) is 108 cm³/mol. The number of rotatable bonds is 9. The van der Waals surface area contributed by atoms with Gasteiger partial charge < -0.3 is 15.4 Å².